The van der Waals surface area contributed by atoms with Gasteiger partial charge >= 0.3 is 0 Å². The summed E-state index contributed by atoms with van der Waals surface area (Å²) in [5, 5.41) is 3.01. The van der Waals surface area contributed by atoms with Crippen molar-refractivity contribution in [2.75, 3.05) is 6.54 Å². The minimum Gasteiger partial charge on any atom is -0.355 e. The molecule has 1 aliphatic carbocycles. The number of hydrogen-bond donors (Lipinski definition) is 1. The van der Waals surface area contributed by atoms with E-state index in [-0.39, 0.29) is 11.3 Å². The van der Waals surface area contributed by atoms with Crippen LogP contribution >= 0.6 is 11.6 Å². The van der Waals surface area contributed by atoms with Crippen molar-refractivity contribution in [2.24, 2.45) is 5.92 Å². The quantitative estimate of drug-likeness (QED) is 0.583. The van der Waals surface area contributed by atoms with E-state index in [0.717, 1.165) is 6.42 Å². The summed E-state index contributed by atoms with van der Waals surface area (Å²) in [4.78, 5) is 11.7. The van der Waals surface area contributed by atoms with Crippen molar-refractivity contribution in [2.45, 2.75) is 63.7 Å². The van der Waals surface area contributed by atoms with E-state index in [1.807, 2.05) is 6.92 Å². The summed E-state index contributed by atoms with van der Waals surface area (Å²) in [6, 6.07) is 0. The number of amides is 1. The lowest BCUT2D eigenvalue weighted by molar-refractivity contribution is -0.122. The average molecular weight is 246 g/mol. The maximum atomic E-state index is 11.7. The summed E-state index contributed by atoms with van der Waals surface area (Å²) in [5.41, 5.74) is 0. The van der Waals surface area contributed by atoms with Gasteiger partial charge < -0.3 is 5.32 Å². The van der Waals surface area contributed by atoms with Gasteiger partial charge in [-0.2, -0.15) is 0 Å². The lowest BCUT2D eigenvalue weighted by Crippen LogP contribution is -2.30. The first-order chi connectivity index (χ1) is 7.72. The van der Waals surface area contributed by atoms with Gasteiger partial charge in [0.2, 0.25) is 5.91 Å². The summed E-state index contributed by atoms with van der Waals surface area (Å²) < 4.78 is 0. The fourth-order valence-corrected chi connectivity index (χ4v) is 2.35. The van der Waals surface area contributed by atoms with E-state index in [0.29, 0.717) is 18.9 Å². The van der Waals surface area contributed by atoms with Crippen LogP contribution in [0.4, 0.5) is 0 Å². The van der Waals surface area contributed by atoms with E-state index in [9.17, 15) is 4.79 Å². The van der Waals surface area contributed by atoms with Crippen LogP contribution in [0.15, 0.2) is 0 Å². The second kappa shape index (κ2) is 7.94. The zero-order chi connectivity index (χ0) is 11.8. The minimum absolute atomic E-state index is 0.0816. The maximum Gasteiger partial charge on any atom is 0.220 e. The van der Waals surface area contributed by atoms with Crippen molar-refractivity contribution in [1.82, 2.24) is 5.32 Å². The largest absolute Gasteiger partial charge is 0.355 e. The van der Waals surface area contributed by atoms with Crippen LogP contribution in [0.2, 0.25) is 0 Å². The Morgan fingerprint density at radius 1 is 1.31 bits per heavy atom. The molecular formula is C13H24ClNO. The molecular weight excluding hydrogens is 222 g/mol. The van der Waals surface area contributed by atoms with Gasteiger partial charge in [-0.15, -0.1) is 11.6 Å². The second-order valence-corrected chi connectivity index (χ2v) is 5.49. The number of hydrogen-bond acceptors (Lipinski definition) is 1. The fraction of sp³-hybridized carbons (Fsp3) is 0.923. The number of carbonyl (C=O) groups is 1. The van der Waals surface area contributed by atoms with Gasteiger partial charge in [0.1, 0.15) is 0 Å². The van der Waals surface area contributed by atoms with Crippen LogP contribution in [0.1, 0.15) is 58.3 Å². The second-order valence-electron chi connectivity index (χ2n) is 4.87. The van der Waals surface area contributed by atoms with Gasteiger partial charge in [-0.3, -0.25) is 4.79 Å². The first kappa shape index (κ1) is 13.8. The summed E-state index contributed by atoms with van der Waals surface area (Å²) >= 11 is 5.96. The molecule has 0 radical (unpaired) electrons. The molecule has 0 bridgehead atoms. The Hall–Kier alpha value is -0.240. The van der Waals surface area contributed by atoms with Gasteiger partial charge in [0, 0.05) is 13.0 Å². The first-order valence-electron chi connectivity index (χ1n) is 6.63. The van der Waals surface area contributed by atoms with Gasteiger partial charge in [-0.25, -0.2) is 0 Å². The van der Waals surface area contributed by atoms with Crippen LogP contribution in [0.25, 0.3) is 0 Å². The molecule has 1 fully saturated rings. The molecule has 0 aliphatic heterocycles. The molecule has 1 unspecified atom stereocenters. The normalized spacial score (nSPS) is 20.1. The number of carbonyl (C=O) groups excluding carboxylic acids is 1. The van der Waals surface area contributed by atoms with Gasteiger partial charge in [0.25, 0.3) is 0 Å². The number of halogens is 1. The third-order valence-electron chi connectivity index (χ3n) is 3.41. The smallest absolute Gasteiger partial charge is 0.220 e. The van der Waals surface area contributed by atoms with Crippen molar-refractivity contribution < 1.29 is 4.79 Å². The minimum atomic E-state index is 0.0816. The summed E-state index contributed by atoms with van der Waals surface area (Å²) in [5.74, 6) is 0.795. The van der Waals surface area contributed by atoms with E-state index < -0.39 is 0 Å². The molecule has 1 saturated carbocycles. The van der Waals surface area contributed by atoms with E-state index in [1.54, 1.807) is 0 Å². The molecule has 3 heteroatoms. The topological polar surface area (TPSA) is 29.1 Å². The lowest BCUT2D eigenvalue weighted by atomic mass is 9.96. The fourth-order valence-electron chi connectivity index (χ4n) is 2.27. The molecule has 0 aromatic carbocycles. The average Bonchev–Trinajstić information content (AvgIpc) is 2.54. The van der Waals surface area contributed by atoms with Crippen LogP contribution in [-0.4, -0.2) is 17.8 Å². The summed E-state index contributed by atoms with van der Waals surface area (Å²) in [6.45, 7) is 2.65. The first-order valence-corrected chi connectivity index (χ1v) is 7.06. The van der Waals surface area contributed by atoms with Gasteiger partial charge in [0.15, 0.2) is 0 Å². The van der Waals surface area contributed by atoms with Crippen LogP contribution in [0.3, 0.4) is 0 Å². The van der Waals surface area contributed by atoms with E-state index in [4.69, 9.17) is 11.6 Å². The molecule has 0 heterocycles. The van der Waals surface area contributed by atoms with Crippen molar-refractivity contribution >= 4 is 17.5 Å². The molecule has 0 saturated heterocycles. The van der Waals surface area contributed by atoms with Crippen LogP contribution in [0.5, 0.6) is 0 Å². The highest BCUT2D eigenvalue weighted by atomic mass is 35.5. The molecule has 1 aliphatic rings. The Bertz CT molecular complexity index is 200. The molecule has 16 heavy (non-hydrogen) atoms. The Morgan fingerprint density at radius 3 is 2.50 bits per heavy atom. The standard InChI is InChI=1S/C13H24ClNO/c1-2-12(14)10-15-13(16)9-11-7-5-3-4-6-8-11/h11-12H,2-10H2,1H3,(H,15,16). The van der Waals surface area contributed by atoms with E-state index in [1.165, 1.54) is 38.5 Å². The highest BCUT2D eigenvalue weighted by Crippen LogP contribution is 2.25. The zero-order valence-corrected chi connectivity index (χ0v) is 11.1. The molecule has 2 nitrogen and oxygen atoms in total. The van der Waals surface area contributed by atoms with Crippen molar-refractivity contribution in [3.63, 3.8) is 0 Å². The number of rotatable bonds is 5. The molecule has 0 aromatic heterocycles. The molecule has 1 N–H and O–H groups in total. The highest BCUT2D eigenvalue weighted by Gasteiger charge is 2.16. The van der Waals surface area contributed by atoms with Crippen molar-refractivity contribution in [3.05, 3.63) is 0 Å². The molecule has 1 atom stereocenters. The maximum absolute atomic E-state index is 11.7. The monoisotopic (exact) mass is 245 g/mol. The van der Waals surface area contributed by atoms with Crippen molar-refractivity contribution in [1.29, 1.82) is 0 Å². The zero-order valence-electron chi connectivity index (χ0n) is 10.3. The molecule has 0 spiro atoms. The van der Waals surface area contributed by atoms with E-state index in [2.05, 4.69) is 5.32 Å². The molecule has 1 amide bonds. The Kier molecular flexibility index (Phi) is 6.86. The van der Waals surface area contributed by atoms with Gasteiger partial charge in [-0.1, -0.05) is 32.6 Å². The van der Waals surface area contributed by atoms with Crippen molar-refractivity contribution in [3.8, 4) is 0 Å². The van der Waals surface area contributed by atoms with Crippen LogP contribution in [-0.2, 0) is 4.79 Å². The van der Waals surface area contributed by atoms with E-state index >= 15 is 0 Å². The lowest BCUT2D eigenvalue weighted by Gasteiger charge is -2.14. The highest BCUT2D eigenvalue weighted by molar-refractivity contribution is 6.20. The Labute approximate surface area is 104 Å². The van der Waals surface area contributed by atoms with Crippen LogP contribution < -0.4 is 5.32 Å². The Morgan fingerprint density at radius 2 is 1.94 bits per heavy atom. The third kappa shape index (κ3) is 5.74. The van der Waals surface area contributed by atoms with Gasteiger partial charge in [-0.05, 0) is 25.2 Å². The predicted molar refractivity (Wildman–Crippen MR) is 68.8 cm³/mol. The molecule has 94 valence electrons. The Balaban J connectivity index is 2.16. The third-order valence-corrected chi connectivity index (χ3v) is 3.88. The van der Waals surface area contributed by atoms with Crippen LogP contribution in [0, 0.1) is 5.92 Å². The summed E-state index contributed by atoms with van der Waals surface area (Å²) in [6.07, 6.45) is 9.35. The SMILES string of the molecule is CCC(Cl)CNC(=O)CC1CCCCCC1. The number of nitrogens with one attached hydrogen (secondary N) is 1. The molecule has 0 aromatic rings. The summed E-state index contributed by atoms with van der Waals surface area (Å²) in [7, 11) is 0. The number of alkyl halides is 1. The predicted octanol–water partition coefficient (Wildman–Crippen LogP) is 3.48. The molecule has 1 rings (SSSR count). The van der Waals surface area contributed by atoms with Gasteiger partial charge in [0.05, 0.1) is 5.38 Å².